The number of aromatic nitrogens is 1. The van der Waals surface area contributed by atoms with E-state index in [2.05, 4.69) is 5.16 Å². The summed E-state index contributed by atoms with van der Waals surface area (Å²) in [4.78, 5) is 11.4. The first-order valence-corrected chi connectivity index (χ1v) is 5.94. The molecule has 0 unspecified atom stereocenters. The molecule has 0 aliphatic carbocycles. The van der Waals surface area contributed by atoms with Crippen molar-refractivity contribution in [1.29, 1.82) is 0 Å². The molecule has 100 valence electrons. The van der Waals surface area contributed by atoms with Gasteiger partial charge in [0.05, 0.1) is 16.8 Å². The fraction of sp³-hybridized carbons (Fsp3) is 0.286. The van der Waals surface area contributed by atoms with Gasteiger partial charge in [0.1, 0.15) is 18.1 Å². The number of amides is 1. The number of benzene rings is 1. The van der Waals surface area contributed by atoms with E-state index in [0.29, 0.717) is 23.7 Å². The summed E-state index contributed by atoms with van der Waals surface area (Å²) < 4.78 is 10.8. The van der Waals surface area contributed by atoms with Gasteiger partial charge in [0.25, 0.3) is 5.91 Å². The molecule has 0 atom stereocenters. The van der Waals surface area contributed by atoms with Gasteiger partial charge in [0, 0.05) is 0 Å². The maximum atomic E-state index is 11.4. The van der Waals surface area contributed by atoms with Crippen LogP contribution in [0.25, 0.3) is 0 Å². The summed E-state index contributed by atoms with van der Waals surface area (Å²) in [6, 6.07) is 5.30. The molecule has 1 heterocycles. The number of carbonyl (C=O) groups is 1. The summed E-state index contributed by atoms with van der Waals surface area (Å²) in [6.07, 6.45) is 0. The van der Waals surface area contributed by atoms with Crippen LogP contribution in [0, 0.1) is 20.8 Å². The molecular weight excluding hydrogens is 244 g/mol. The molecule has 5 heteroatoms. The van der Waals surface area contributed by atoms with Gasteiger partial charge in [-0.1, -0.05) is 17.3 Å². The smallest absolute Gasteiger partial charge is 0.252 e. The van der Waals surface area contributed by atoms with Gasteiger partial charge in [0.15, 0.2) is 0 Å². The summed E-state index contributed by atoms with van der Waals surface area (Å²) in [5, 5.41) is 3.86. The lowest BCUT2D eigenvalue weighted by Gasteiger charge is -2.12. The topological polar surface area (TPSA) is 78.4 Å². The Morgan fingerprint density at radius 2 is 2.11 bits per heavy atom. The van der Waals surface area contributed by atoms with Gasteiger partial charge >= 0.3 is 0 Å². The maximum absolute atomic E-state index is 11.4. The highest BCUT2D eigenvalue weighted by atomic mass is 16.5. The lowest BCUT2D eigenvalue weighted by Crippen LogP contribution is -2.14. The molecule has 0 saturated heterocycles. The van der Waals surface area contributed by atoms with E-state index in [0.717, 1.165) is 16.8 Å². The van der Waals surface area contributed by atoms with E-state index in [1.54, 1.807) is 12.1 Å². The van der Waals surface area contributed by atoms with Crippen LogP contribution in [0.4, 0.5) is 0 Å². The van der Waals surface area contributed by atoms with E-state index in [4.69, 9.17) is 15.0 Å². The molecule has 2 aromatic rings. The highest BCUT2D eigenvalue weighted by molar-refractivity contribution is 5.96. The molecule has 2 rings (SSSR count). The summed E-state index contributed by atoms with van der Waals surface area (Å²) in [5.41, 5.74) is 8.26. The summed E-state index contributed by atoms with van der Waals surface area (Å²) >= 11 is 0. The third kappa shape index (κ3) is 2.59. The molecule has 1 aromatic carbocycles. The Labute approximate surface area is 111 Å². The standard InChI is InChI=1S/C14H16N2O3/c1-8-5-4-6-11(14(15)17)13(8)18-7-12-9(2)16-19-10(12)3/h4-6H,7H2,1-3H3,(H2,15,17). The first-order chi connectivity index (χ1) is 9.00. The lowest BCUT2D eigenvalue weighted by atomic mass is 10.1. The van der Waals surface area contributed by atoms with Crippen LogP contribution in [0.5, 0.6) is 5.75 Å². The highest BCUT2D eigenvalue weighted by Crippen LogP contribution is 2.25. The average molecular weight is 260 g/mol. The Bertz CT molecular complexity index is 598. The van der Waals surface area contributed by atoms with Crippen LogP contribution >= 0.6 is 0 Å². The third-order valence-corrected chi connectivity index (χ3v) is 3.02. The van der Waals surface area contributed by atoms with Crippen molar-refractivity contribution < 1.29 is 14.1 Å². The molecule has 0 spiro atoms. The van der Waals surface area contributed by atoms with Crippen molar-refractivity contribution >= 4 is 5.91 Å². The van der Waals surface area contributed by atoms with E-state index >= 15 is 0 Å². The normalized spacial score (nSPS) is 10.5. The van der Waals surface area contributed by atoms with Gasteiger partial charge in [-0.25, -0.2) is 0 Å². The van der Waals surface area contributed by atoms with Gasteiger partial charge < -0.3 is 15.0 Å². The molecule has 0 saturated carbocycles. The second-order valence-electron chi connectivity index (χ2n) is 4.41. The van der Waals surface area contributed by atoms with Gasteiger partial charge in [-0.2, -0.15) is 0 Å². The largest absolute Gasteiger partial charge is 0.488 e. The maximum Gasteiger partial charge on any atom is 0.252 e. The number of para-hydroxylation sites is 1. The van der Waals surface area contributed by atoms with E-state index < -0.39 is 5.91 Å². The van der Waals surface area contributed by atoms with E-state index in [1.807, 2.05) is 26.8 Å². The summed E-state index contributed by atoms with van der Waals surface area (Å²) in [6.45, 7) is 5.84. The van der Waals surface area contributed by atoms with Crippen LogP contribution in [-0.4, -0.2) is 11.1 Å². The van der Waals surface area contributed by atoms with Crippen LogP contribution in [0.1, 0.15) is 32.9 Å². The molecule has 2 N–H and O–H groups in total. The number of nitrogens with zero attached hydrogens (tertiary/aromatic N) is 1. The summed E-state index contributed by atoms with van der Waals surface area (Å²) in [7, 11) is 0. The molecule has 1 amide bonds. The van der Waals surface area contributed by atoms with E-state index in [-0.39, 0.29) is 0 Å². The van der Waals surface area contributed by atoms with Crippen molar-refractivity contribution in [2.24, 2.45) is 5.73 Å². The van der Waals surface area contributed by atoms with Crippen molar-refractivity contribution in [2.45, 2.75) is 27.4 Å². The molecule has 19 heavy (non-hydrogen) atoms. The second kappa shape index (κ2) is 5.14. The predicted octanol–water partition coefficient (Wildman–Crippen LogP) is 2.28. The SMILES string of the molecule is Cc1cccc(C(N)=O)c1OCc1c(C)noc1C. The van der Waals surface area contributed by atoms with Crippen LogP contribution in [0.3, 0.4) is 0 Å². The third-order valence-electron chi connectivity index (χ3n) is 3.02. The van der Waals surface area contributed by atoms with Crippen molar-refractivity contribution in [3.63, 3.8) is 0 Å². The van der Waals surface area contributed by atoms with Crippen LogP contribution in [0.15, 0.2) is 22.7 Å². The van der Waals surface area contributed by atoms with Gasteiger partial charge in [-0.15, -0.1) is 0 Å². The number of primary amides is 1. The molecule has 5 nitrogen and oxygen atoms in total. The van der Waals surface area contributed by atoms with Crippen LogP contribution in [-0.2, 0) is 6.61 Å². The monoisotopic (exact) mass is 260 g/mol. The minimum atomic E-state index is -0.502. The van der Waals surface area contributed by atoms with Crippen molar-refractivity contribution in [3.05, 3.63) is 46.3 Å². The molecule has 0 radical (unpaired) electrons. The fourth-order valence-corrected chi connectivity index (χ4v) is 1.89. The Hall–Kier alpha value is -2.30. The van der Waals surface area contributed by atoms with Crippen molar-refractivity contribution in [1.82, 2.24) is 5.16 Å². The first-order valence-electron chi connectivity index (χ1n) is 5.94. The predicted molar refractivity (Wildman–Crippen MR) is 70.0 cm³/mol. The number of hydrogen-bond donors (Lipinski definition) is 1. The number of rotatable bonds is 4. The Kier molecular flexibility index (Phi) is 3.55. The van der Waals surface area contributed by atoms with Gasteiger partial charge in [0.2, 0.25) is 0 Å². The van der Waals surface area contributed by atoms with Crippen molar-refractivity contribution in [2.75, 3.05) is 0 Å². The van der Waals surface area contributed by atoms with Gasteiger partial charge in [-0.3, -0.25) is 4.79 Å². The first kappa shape index (κ1) is 13.1. The minimum absolute atomic E-state index is 0.298. The number of ether oxygens (including phenoxy) is 1. The number of nitrogens with two attached hydrogens (primary N) is 1. The Balaban J connectivity index is 2.27. The zero-order valence-electron chi connectivity index (χ0n) is 11.2. The van der Waals surface area contributed by atoms with Gasteiger partial charge in [-0.05, 0) is 32.4 Å². The fourth-order valence-electron chi connectivity index (χ4n) is 1.89. The van der Waals surface area contributed by atoms with Crippen LogP contribution in [0.2, 0.25) is 0 Å². The Morgan fingerprint density at radius 3 is 2.68 bits per heavy atom. The quantitative estimate of drug-likeness (QED) is 0.914. The lowest BCUT2D eigenvalue weighted by molar-refractivity contribution is 0.0995. The van der Waals surface area contributed by atoms with Crippen molar-refractivity contribution in [3.8, 4) is 5.75 Å². The second-order valence-corrected chi connectivity index (χ2v) is 4.41. The average Bonchev–Trinajstić information content (AvgIpc) is 2.67. The number of hydrogen-bond acceptors (Lipinski definition) is 4. The molecule has 0 aliphatic rings. The Morgan fingerprint density at radius 1 is 1.37 bits per heavy atom. The molecule has 0 aliphatic heterocycles. The molecular formula is C14H16N2O3. The highest BCUT2D eigenvalue weighted by Gasteiger charge is 2.14. The number of carbonyl (C=O) groups excluding carboxylic acids is 1. The molecule has 0 bridgehead atoms. The molecule has 1 aromatic heterocycles. The zero-order valence-corrected chi connectivity index (χ0v) is 11.2. The zero-order chi connectivity index (χ0) is 14.0. The molecule has 0 fully saturated rings. The minimum Gasteiger partial charge on any atom is -0.488 e. The van der Waals surface area contributed by atoms with E-state index in [1.165, 1.54) is 0 Å². The van der Waals surface area contributed by atoms with Crippen LogP contribution < -0.4 is 10.5 Å². The number of aryl methyl sites for hydroxylation is 3. The van der Waals surface area contributed by atoms with E-state index in [9.17, 15) is 4.79 Å². The summed E-state index contributed by atoms with van der Waals surface area (Å²) in [5.74, 6) is 0.721.